The zero-order valence-electron chi connectivity index (χ0n) is 11.9. The summed E-state index contributed by atoms with van der Waals surface area (Å²) in [5.74, 6) is 4.31. The molecule has 0 spiro atoms. The molecule has 0 aromatic carbocycles. The largest absolute Gasteiger partial charge is 0.373 e. The second-order valence-corrected chi connectivity index (χ2v) is 5.01. The fraction of sp³-hybridized carbons (Fsp3) is 0.538. The molecule has 0 amide bonds. The van der Waals surface area contributed by atoms with Crippen molar-refractivity contribution in [2.45, 2.75) is 39.2 Å². The zero-order valence-corrected chi connectivity index (χ0v) is 11.9. The second kappa shape index (κ2) is 5.07. The first kappa shape index (κ1) is 12.8. The summed E-state index contributed by atoms with van der Waals surface area (Å²) in [6, 6.07) is 0. The molecule has 7 heteroatoms. The number of rotatable bonds is 5. The monoisotopic (exact) mass is 274 g/mol. The van der Waals surface area contributed by atoms with E-state index in [9.17, 15) is 0 Å². The molecule has 2 aromatic rings. The van der Waals surface area contributed by atoms with Crippen LogP contribution in [0.4, 0.5) is 11.6 Å². The third-order valence-electron chi connectivity index (χ3n) is 3.33. The predicted octanol–water partition coefficient (Wildman–Crippen LogP) is 2.01. The van der Waals surface area contributed by atoms with Gasteiger partial charge in [0.05, 0.1) is 6.54 Å². The highest BCUT2D eigenvalue weighted by molar-refractivity contribution is 5.57. The van der Waals surface area contributed by atoms with Gasteiger partial charge < -0.3 is 15.2 Å². The van der Waals surface area contributed by atoms with E-state index >= 15 is 0 Å². The average Bonchev–Trinajstić information content (AvgIpc) is 3.21. The lowest BCUT2D eigenvalue weighted by Gasteiger charge is -2.12. The van der Waals surface area contributed by atoms with Crippen LogP contribution in [0.15, 0.2) is 4.52 Å². The summed E-state index contributed by atoms with van der Waals surface area (Å²) in [5, 5.41) is 10.2. The third-order valence-corrected chi connectivity index (χ3v) is 3.33. The van der Waals surface area contributed by atoms with E-state index in [0.29, 0.717) is 24.2 Å². The van der Waals surface area contributed by atoms with Gasteiger partial charge in [0.25, 0.3) is 0 Å². The van der Waals surface area contributed by atoms with E-state index in [1.807, 2.05) is 14.0 Å². The number of hydrogen-bond donors (Lipinski definition) is 2. The van der Waals surface area contributed by atoms with Gasteiger partial charge in [0.15, 0.2) is 5.82 Å². The molecule has 106 valence electrons. The Morgan fingerprint density at radius 2 is 1.90 bits per heavy atom. The molecule has 2 N–H and O–H groups in total. The molecule has 0 radical (unpaired) electrons. The van der Waals surface area contributed by atoms with Crippen molar-refractivity contribution in [2.24, 2.45) is 0 Å². The number of anilines is 2. The molecule has 2 aromatic heterocycles. The summed E-state index contributed by atoms with van der Waals surface area (Å²) in [6.07, 6.45) is 2.35. The predicted molar refractivity (Wildman–Crippen MR) is 74.7 cm³/mol. The third kappa shape index (κ3) is 2.56. The maximum atomic E-state index is 4.95. The fourth-order valence-electron chi connectivity index (χ4n) is 2.05. The van der Waals surface area contributed by atoms with Gasteiger partial charge in [-0.3, -0.25) is 0 Å². The Hall–Kier alpha value is -2.18. The lowest BCUT2D eigenvalue weighted by Crippen LogP contribution is -2.10. The Balaban J connectivity index is 1.81. The van der Waals surface area contributed by atoms with Crippen molar-refractivity contribution >= 4 is 11.6 Å². The van der Waals surface area contributed by atoms with Crippen LogP contribution in [0.2, 0.25) is 0 Å². The average molecular weight is 274 g/mol. The molecular weight excluding hydrogens is 256 g/mol. The second-order valence-electron chi connectivity index (χ2n) is 5.01. The lowest BCUT2D eigenvalue weighted by molar-refractivity contribution is 0.388. The Bertz CT molecular complexity index is 619. The minimum atomic E-state index is 0.489. The van der Waals surface area contributed by atoms with Crippen LogP contribution in [0.1, 0.15) is 41.9 Å². The number of hydrogen-bond acceptors (Lipinski definition) is 7. The van der Waals surface area contributed by atoms with Crippen LogP contribution in [0.25, 0.3) is 0 Å². The Morgan fingerprint density at radius 3 is 2.50 bits per heavy atom. The maximum Gasteiger partial charge on any atom is 0.223 e. The van der Waals surface area contributed by atoms with Gasteiger partial charge in [0.1, 0.15) is 17.5 Å². The first-order valence-electron chi connectivity index (χ1n) is 6.76. The highest BCUT2D eigenvalue weighted by atomic mass is 16.5. The van der Waals surface area contributed by atoms with Gasteiger partial charge in [0.2, 0.25) is 5.89 Å². The first-order chi connectivity index (χ1) is 9.67. The molecular formula is C13H18N6O. The van der Waals surface area contributed by atoms with Crippen LogP contribution >= 0.6 is 0 Å². The van der Waals surface area contributed by atoms with Crippen LogP contribution < -0.4 is 10.6 Å². The fourth-order valence-corrected chi connectivity index (χ4v) is 2.05. The van der Waals surface area contributed by atoms with E-state index in [-0.39, 0.29) is 0 Å². The molecule has 1 saturated carbocycles. The SMILES string of the molecule is CNc1nc(C2CC2)nc(NCc2noc(C)n2)c1C. The van der Waals surface area contributed by atoms with Crippen molar-refractivity contribution in [2.75, 3.05) is 17.7 Å². The molecule has 0 unspecified atom stereocenters. The molecule has 0 saturated heterocycles. The van der Waals surface area contributed by atoms with Gasteiger partial charge >= 0.3 is 0 Å². The van der Waals surface area contributed by atoms with Gasteiger partial charge in [-0.15, -0.1) is 0 Å². The molecule has 0 aliphatic heterocycles. The van der Waals surface area contributed by atoms with E-state index < -0.39 is 0 Å². The van der Waals surface area contributed by atoms with Crippen LogP contribution in [0.5, 0.6) is 0 Å². The normalized spacial score (nSPS) is 14.3. The standard InChI is InChI=1S/C13H18N6O/c1-7-11(14-3)17-13(9-4-5-9)18-12(7)15-6-10-16-8(2)20-19-10/h9H,4-6H2,1-3H3,(H2,14,15,17,18). The number of nitrogens with one attached hydrogen (secondary N) is 2. The Morgan fingerprint density at radius 1 is 1.15 bits per heavy atom. The molecule has 1 fully saturated rings. The van der Waals surface area contributed by atoms with Gasteiger partial charge in [0, 0.05) is 25.5 Å². The number of aromatic nitrogens is 4. The zero-order chi connectivity index (χ0) is 14.1. The molecule has 0 bridgehead atoms. The smallest absolute Gasteiger partial charge is 0.223 e. The summed E-state index contributed by atoms with van der Waals surface area (Å²) < 4.78 is 4.95. The highest BCUT2D eigenvalue weighted by Gasteiger charge is 2.28. The van der Waals surface area contributed by atoms with Crippen molar-refractivity contribution in [3.63, 3.8) is 0 Å². The quantitative estimate of drug-likeness (QED) is 0.862. The van der Waals surface area contributed by atoms with Crippen molar-refractivity contribution in [1.29, 1.82) is 0 Å². The number of aryl methyl sites for hydroxylation is 1. The maximum absolute atomic E-state index is 4.95. The van der Waals surface area contributed by atoms with Gasteiger partial charge in [-0.2, -0.15) is 4.98 Å². The molecule has 1 aliphatic rings. The van der Waals surface area contributed by atoms with Crippen molar-refractivity contribution in [1.82, 2.24) is 20.1 Å². The molecule has 1 aliphatic carbocycles. The molecule has 0 atom stereocenters. The molecule has 7 nitrogen and oxygen atoms in total. The van der Waals surface area contributed by atoms with Gasteiger partial charge in [-0.05, 0) is 19.8 Å². The highest BCUT2D eigenvalue weighted by Crippen LogP contribution is 2.39. The molecule has 3 rings (SSSR count). The van der Waals surface area contributed by atoms with E-state index in [1.165, 1.54) is 12.8 Å². The molecule has 20 heavy (non-hydrogen) atoms. The summed E-state index contributed by atoms with van der Waals surface area (Å²) in [7, 11) is 1.87. The number of nitrogens with zero attached hydrogens (tertiary/aromatic N) is 4. The van der Waals surface area contributed by atoms with Crippen LogP contribution in [-0.2, 0) is 6.54 Å². The summed E-state index contributed by atoms with van der Waals surface area (Å²) in [5.41, 5.74) is 0.997. The Kier molecular flexibility index (Phi) is 3.25. The summed E-state index contributed by atoms with van der Waals surface area (Å²) >= 11 is 0. The van der Waals surface area contributed by atoms with Crippen LogP contribution in [-0.4, -0.2) is 27.2 Å². The lowest BCUT2D eigenvalue weighted by atomic mass is 10.2. The van der Waals surface area contributed by atoms with Crippen molar-refractivity contribution < 1.29 is 4.52 Å². The van der Waals surface area contributed by atoms with E-state index in [4.69, 9.17) is 4.52 Å². The minimum Gasteiger partial charge on any atom is -0.373 e. The van der Waals surface area contributed by atoms with E-state index in [1.54, 1.807) is 6.92 Å². The minimum absolute atomic E-state index is 0.489. The topological polar surface area (TPSA) is 88.8 Å². The van der Waals surface area contributed by atoms with Gasteiger partial charge in [-0.1, -0.05) is 5.16 Å². The Labute approximate surface area is 117 Å². The summed E-state index contributed by atoms with van der Waals surface area (Å²) in [4.78, 5) is 13.3. The summed E-state index contributed by atoms with van der Waals surface area (Å²) in [6.45, 7) is 4.26. The first-order valence-corrected chi connectivity index (χ1v) is 6.76. The van der Waals surface area contributed by atoms with Gasteiger partial charge in [-0.25, -0.2) is 9.97 Å². The van der Waals surface area contributed by atoms with Crippen LogP contribution in [0, 0.1) is 13.8 Å². The van der Waals surface area contributed by atoms with Crippen LogP contribution in [0.3, 0.4) is 0 Å². The van der Waals surface area contributed by atoms with Crippen molar-refractivity contribution in [3.8, 4) is 0 Å². The van der Waals surface area contributed by atoms with E-state index in [0.717, 1.165) is 23.0 Å². The molecule has 2 heterocycles. The van der Waals surface area contributed by atoms with Crippen molar-refractivity contribution in [3.05, 3.63) is 23.1 Å². The van der Waals surface area contributed by atoms with E-state index in [2.05, 4.69) is 30.7 Å².